The SMILES string of the molecule is CC(=S)NCC1CN(c2ccc(N3CCN(S(=O)(=O)CCl)CC3)cc2)C(=O)O1. The number of halogens is 1. The van der Waals surface area contributed by atoms with Crippen LogP contribution in [-0.2, 0) is 14.8 Å². The Hall–Kier alpha value is -1.62. The summed E-state index contributed by atoms with van der Waals surface area (Å²) in [5, 5.41) is 2.62. The number of amides is 1. The van der Waals surface area contributed by atoms with Gasteiger partial charge >= 0.3 is 6.09 Å². The molecule has 0 radical (unpaired) electrons. The Bertz CT molecular complexity index is 826. The van der Waals surface area contributed by atoms with Gasteiger partial charge < -0.3 is 15.0 Å². The van der Waals surface area contributed by atoms with Crippen molar-refractivity contribution >= 4 is 56.3 Å². The molecule has 1 atom stereocenters. The summed E-state index contributed by atoms with van der Waals surface area (Å²) in [5.41, 5.74) is 1.74. The van der Waals surface area contributed by atoms with Gasteiger partial charge in [0.2, 0.25) is 10.0 Å². The Morgan fingerprint density at radius 2 is 1.82 bits per heavy atom. The number of hydrogen-bond donors (Lipinski definition) is 1. The number of sulfonamides is 1. The monoisotopic (exact) mass is 446 g/mol. The van der Waals surface area contributed by atoms with E-state index in [0.717, 1.165) is 11.4 Å². The molecule has 1 aromatic rings. The molecule has 2 aliphatic heterocycles. The minimum Gasteiger partial charge on any atom is -0.442 e. The maximum Gasteiger partial charge on any atom is 0.414 e. The lowest BCUT2D eigenvalue weighted by atomic mass is 10.2. The standard InChI is InChI=1S/C17H23ClN4O4S2/c1-13(27)19-10-16-11-22(17(23)26-16)15-4-2-14(3-5-15)20-6-8-21(9-7-20)28(24,25)12-18/h2-5,16H,6-12H2,1H3,(H,19,27). The van der Waals surface area contributed by atoms with Gasteiger partial charge in [0.25, 0.3) is 0 Å². The zero-order valence-electron chi connectivity index (χ0n) is 15.5. The van der Waals surface area contributed by atoms with Crippen LogP contribution in [0.15, 0.2) is 24.3 Å². The van der Waals surface area contributed by atoms with Crippen molar-refractivity contribution in [1.82, 2.24) is 9.62 Å². The molecular formula is C17H23ClN4O4S2. The first-order chi connectivity index (χ1) is 13.3. The highest BCUT2D eigenvalue weighted by atomic mass is 35.5. The summed E-state index contributed by atoms with van der Waals surface area (Å²) in [7, 11) is -3.37. The second kappa shape index (κ2) is 8.81. The molecule has 11 heteroatoms. The van der Waals surface area contributed by atoms with Crippen molar-refractivity contribution < 1.29 is 17.9 Å². The van der Waals surface area contributed by atoms with Gasteiger partial charge in [0.15, 0.2) is 0 Å². The number of nitrogens with one attached hydrogen (secondary N) is 1. The van der Waals surface area contributed by atoms with Crippen LogP contribution in [0.3, 0.4) is 0 Å². The minimum absolute atomic E-state index is 0.248. The summed E-state index contributed by atoms with van der Waals surface area (Å²) < 4.78 is 30.5. The van der Waals surface area contributed by atoms with Crippen LogP contribution in [0.2, 0.25) is 0 Å². The molecule has 0 aromatic heterocycles. The van der Waals surface area contributed by atoms with E-state index in [0.29, 0.717) is 44.3 Å². The van der Waals surface area contributed by atoms with Crippen molar-refractivity contribution in [3.63, 3.8) is 0 Å². The second-order valence-corrected chi connectivity index (χ2v) is 9.84. The van der Waals surface area contributed by atoms with E-state index < -0.39 is 15.2 Å². The molecule has 1 N–H and O–H groups in total. The topological polar surface area (TPSA) is 82.2 Å². The Labute approximate surface area is 175 Å². The first kappa shape index (κ1) is 21.1. The van der Waals surface area contributed by atoms with Gasteiger partial charge in [-0.15, -0.1) is 11.6 Å². The highest BCUT2D eigenvalue weighted by Crippen LogP contribution is 2.25. The van der Waals surface area contributed by atoms with Crippen LogP contribution in [0.5, 0.6) is 0 Å². The van der Waals surface area contributed by atoms with Crippen LogP contribution in [0.25, 0.3) is 0 Å². The number of carbonyl (C=O) groups excluding carboxylic acids is 1. The fourth-order valence-corrected chi connectivity index (χ4v) is 4.59. The van der Waals surface area contributed by atoms with Crippen molar-refractivity contribution in [3.8, 4) is 0 Å². The third-order valence-electron chi connectivity index (χ3n) is 4.75. The normalized spacial score (nSPS) is 20.9. The van der Waals surface area contributed by atoms with E-state index in [1.165, 1.54) is 4.31 Å². The summed E-state index contributed by atoms with van der Waals surface area (Å²) >= 11 is 10.5. The zero-order valence-corrected chi connectivity index (χ0v) is 17.9. The number of cyclic esters (lactones) is 1. The summed E-state index contributed by atoms with van der Waals surface area (Å²) in [6.45, 7) is 4.73. The molecule has 1 aromatic carbocycles. The second-order valence-electron chi connectivity index (χ2n) is 6.68. The number of nitrogens with zero attached hydrogens (tertiary/aromatic N) is 3. The molecule has 8 nitrogen and oxygen atoms in total. The molecule has 28 heavy (non-hydrogen) atoms. The van der Waals surface area contributed by atoms with E-state index in [1.54, 1.807) is 11.8 Å². The fraction of sp³-hybridized carbons (Fsp3) is 0.529. The average molecular weight is 447 g/mol. The van der Waals surface area contributed by atoms with E-state index in [2.05, 4.69) is 10.2 Å². The molecule has 2 saturated heterocycles. The summed E-state index contributed by atoms with van der Waals surface area (Å²) in [6, 6.07) is 7.61. The molecule has 0 saturated carbocycles. The van der Waals surface area contributed by atoms with Crippen LogP contribution in [-0.4, -0.2) is 74.4 Å². The number of anilines is 2. The van der Waals surface area contributed by atoms with Gasteiger partial charge in [-0.3, -0.25) is 4.90 Å². The van der Waals surface area contributed by atoms with E-state index in [-0.39, 0.29) is 12.2 Å². The number of alkyl halides is 1. The molecule has 1 unspecified atom stereocenters. The van der Waals surface area contributed by atoms with E-state index in [4.69, 9.17) is 28.6 Å². The number of piperazine rings is 1. The molecule has 0 aliphatic carbocycles. The first-order valence-electron chi connectivity index (χ1n) is 8.91. The molecule has 2 fully saturated rings. The molecular weight excluding hydrogens is 424 g/mol. The molecule has 2 aliphatic rings. The summed E-state index contributed by atoms with van der Waals surface area (Å²) in [6.07, 6.45) is -0.622. The third-order valence-corrected chi connectivity index (χ3v) is 7.15. The van der Waals surface area contributed by atoms with Crippen molar-refractivity contribution in [3.05, 3.63) is 24.3 Å². The lowest BCUT2D eigenvalue weighted by molar-refractivity contribution is 0.143. The number of hydrogen-bond acceptors (Lipinski definition) is 6. The van der Waals surface area contributed by atoms with Gasteiger partial charge in [0.1, 0.15) is 11.3 Å². The average Bonchev–Trinajstić information content (AvgIpc) is 3.07. The van der Waals surface area contributed by atoms with E-state index in [1.807, 2.05) is 24.3 Å². The molecule has 154 valence electrons. The Balaban J connectivity index is 1.59. The predicted molar refractivity (Wildman–Crippen MR) is 114 cm³/mol. The quantitative estimate of drug-likeness (QED) is 0.525. The predicted octanol–water partition coefficient (Wildman–Crippen LogP) is 1.60. The lowest BCUT2D eigenvalue weighted by Crippen LogP contribution is -2.49. The summed E-state index contributed by atoms with van der Waals surface area (Å²) in [5.74, 6) is 0. The van der Waals surface area contributed by atoms with Gasteiger partial charge in [-0.1, -0.05) is 12.2 Å². The number of rotatable bonds is 6. The van der Waals surface area contributed by atoms with Gasteiger partial charge in [-0.25, -0.2) is 13.2 Å². The van der Waals surface area contributed by atoms with Crippen LogP contribution >= 0.6 is 23.8 Å². The van der Waals surface area contributed by atoms with E-state index >= 15 is 0 Å². The van der Waals surface area contributed by atoms with Gasteiger partial charge in [-0.05, 0) is 31.2 Å². The Morgan fingerprint density at radius 3 is 2.39 bits per heavy atom. The van der Waals surface area contributed by atoms with E-state index in [9.17, 15) is 13.2 Å². The highest BCUT2D eigenvalue weighted by Gasteiger charge is 2.32. The van der Waals surface area contributed by atoms with Crippen molar-refractivity contribution in [2.75, 3.05) is 54.3 Å². The van der Waals surface area contributed by atoms with Crippen LogP contribution < -0.4 is 15.1 Å². The number of ether oxygens (including phenoxy) is 1. The Kier molecular flexibility index (Phi) is 6.64. The molecule has 0 spiro atoms. The van der Waals surface area contributed by atoms with Gasteiger partial charge in [0.05, 0.1) is 18.1 Å². The maximum atomic E-state index is 12.1. The first-order valence-corrected chi connectivity index (χ1v) is 11.5. The zero-order chi connectivity index (χ0) is 20.3. The largest absolute Gasteiger partial charge is 0.442 e. The molecule has 1 amide bonds. The van der Waals surface area contributed by atoms with Gasteiger partial charge in [-0.2, -0.15) is 4.31 Å². The third kappa shape index (κ3) is 4.86. The fourth-order valence-electron chi connectivity index (χ4n) is 3.23. The maximum absolute atomic E-state index is 12.1. The van der Waals surface area contributed by atoms with Crippen LogP contribution in [0, 0.1) is 0 Å². The van der Waals surface area contributed by atoms with Crippen molar-refractivity contribution in [2.45, 2.75) is 13.0 Å². The number of benzene rings is 1. The van der Waals surface area contributed by atoms with Crippen molar-refractivity contribution in [2.24, 2.45) is 0 Å². The molecule has 2 heterocycles. The van der Waals surface area contributed by atoms with Gasteiger partial charge in [0, 0.05) is 37.6 Å². The Morgan fingerprint density at radius 1 is 1.21 bits per heavy atom. The number of carbonyl (C=O) groups is 1. The summed E-state index contributed by atoms with van der Waals surface area (Å²) in [4.78, 5) is 16.5. The highest BCUT2D eigenvalue weighted by molar-refractivity contribution is 7.90. The minimum atomic E-state index is -3.37. The van der Waals surface area contributed by atoms with Crippen LogP contribution in [0.4, 0.5) is 16.2 Å². The molecule has 3 rings (SSSR count). The molecule has 0 bridgehead atoms. The number of thiocarbonyl (C=S) groups is 1. The smallest absolute Gasteiger partial charge is 0.414 e. The van der Waals surface area contributed by atoms with Crippen LogP contribution in [0.1, 0.15) is 6.92 Å². The lowest BCUT2D eigenvalue weighted by Gasteiger charge is -2.35. The van der Waals surface area contributed by atoms with Crippen molar-refractivity contribution in [1.29, 1.82) is 0 Å².